The fourth-order valence-electron chi connectivity index (χ4n) is 2.52. The van der Waals surface area contributed by atoms with Gasteiger partial charge < -0.3 is 25.0 Å². The van der Waals surface area contributed by atoms with Gasteiger partial charge in [0.1, 0.15) is 12.9 Å². The van der Waals surface area contributed by atoms with Crippen LogP contribution in [0.1, 0.15) is 26.7 Å². The zero-order valence-corrected chi connectivity index (χ0v) is 20.4. The van der Waals surface area contributed by atoms with Gasteiger partial charge in [-0.25, -0.2) is 9.78 Å². The summed E-state index contributed by atoms with van der Waals surface area (Å²) in [5.41, 5.74) is -0.667. The van der Waals surface area contributed by atoms with Crippen LogP contribution in [-0.2, 0) is 0 Å². The highest BCUT2D eigenvalue weighted by Gasteiger charge is 2.24. The third-order valence-electron chi connectivity index (χ3n) is 4.82. The molecule has 2 aromatic rings. The van der Waals surface area contributed by atoms with E-state index in [0.29, 0.717) is 40.3 Å². The molecule has 3 N–H and O–H groups in total. The number of imidazole rings is 1. The average Bonchev–Trinajstić information content (AvgIpc) is 3.32. The molecule has 0 saturated carbocycles. The zero-order chi connectivity index (χ0) is 24.1. The van der Waals surface area contributed by atoms with Crippen molar-refractivity contribution >= 4 is 40.8 Å². The van der Waals surface area contributed by atoms with Crippen LogP contribution in [0.3, 0.4) is 0 Å². The number of ether oxygens (including phenoxy) is 1. The second-order valence-corrected chi connectivity index (χ2v) is 8.37. The molecule has 0 aliphatic rings. The van der Waals surface area contributed by atoms with Crippen LogP contribution in [0, 0.1) is 5.41 Å². The molecule has 0 aliphatic carbocycles. The van der Waals surface area contributed by atoms with Crippen LogP contribution in [0.5, 0.6) is 5.75 Å². The Morgan fingerprint density at radius 1 is 1.09 bits per heavy atom. The summed E-state index contributed by atoms with van der Waals surface area (Å²) in [5, 5.41) is 27.1. The number of rotatable bonds is 10. The van der Waals surface area contributed by atoms with E-state index in [1.807, 2.05) is 13.8 Å². The molecule has 1 heterocycles. The first-order valence-electron chi connectivity index (χ1n) is 10.1. The highest BCUT2D eigenvalue weighted by atomic mass is 35.5. The number of carbonyl (C=O) groups is 1. The van der Waals surface area contributed by atoms with Crippen molar-refractivity contribution in [3.63, 3.8) is 0 Å². The van der Waals surface area contributed by atoms with Crippen LogP contribution in [0.15, 0.2) is 30.9 Å². The molecular weight excluding hydrogens is 481 g/mol. The van der Waals surface area contributed by atoms with Crippen LogP contribution in [0.25, 0.3) is 0 Å². The molecule has 0 unspecified atom stereocenters. The number of carbonyl (C=O) groups excluding carboxylic acids is 1. The molecule has 0 spiro atoms. The van der Waals surface area contributed by atoms with Crippen LogP contribution < -0.4 is 4.74 Å². The predicted octanol–water partition coefficient (Wildman–Crippen LogP) is 3.96. The Kier molecular flexibility index (Phi) is 13.0. The van der Waals surface area contributed by atoms with Crippen molar-refractivity contribution < 1.29 is 24.9 Å². The second-order valence-electron chi connectivity index (χ2n) is 7.11. The monoisotopic (exact) mass is 509 g/mol. The summed E-state index contributed by atoms with van der Waals surface area (Å²) in [7, 11) is 0. The Morgan fingerprint density at radius 2 is 1.69 bits per heavy atom. The summed E-state index contributed by atoms with van der Waals surface area (Å²) in [4.78, 5) is 17.9. The number of halogens is 3. The molecule has 0 aliphatic heterocycles. The lowest BCUT2D eigenvalue weighted by atomic mass is 9.88. The molecule has 180 valence electrons. The topological polar surface area (TPSA) is 108 Å². The number of benzene rings is 1. The molecule has 32 heavy (non-hydrogen) atoms. The second kappa shape index (κ2) is 14.6. The zero-order valence-electron chi connectivity index (χ0n) is 18.2. The van der Waals surface area contributed by atoms with Gasteiger partial charge in [-0.1, -0.05) is 48.7 Å². The highest BCUT2D eigenvalue weighted by Crippen LogP contribution is 2.35. The number of hydrogen-bond acceptors (Lipinski definition) is 6. The van der Waals surface area contributed by atoms with Crippen molar-refractivity contribution in [1.29, 1.82) is 0 Å². The minimum absolute atomic E-state index is 0.152. The van der Waals surface area contributed by atoms with Crippen LogP contribution in [-0.4, -0.2) is 75.3 Å². The van der Waals surface area contributed by atoms with Gasteiger partial charge in [0.25, 0.3) is 0 Å². The largest absolute Gasteiger partial charge is 0.489 e. The van der Waals surface area contributed by atoms with E-state index in [4.69, 9.17) is 54.9 Å². The number of aliphatic hydroxyl groups excluding tert-OH is 3. The van der Waals surface area contributed by atoms with E-state index < -0.39 is 5.41 Å². The van der Waals surface area contributed by atoms with Crippen molar-refractivity contribution in [3.05, 3.63) is 45.9 Å². The highest BCUT2D eigenvalue weighted by molar-refractivity contribution is 6.40. The predicted molar refractivity (Wildman–Crippen MR) is 126 cm³/mol. The van der Waals surface area contributed by atoms with Gasteiger partial charge in [0, 0.05) is 29.4 Å². The Hall–Kier alpha value is -1.55. The number of amides is 1. The van der Waals surface area contributed by atoms with Gasteiger partial charge >= 0.3 is 6.03 Å². The number of nitrogens with zero attached hydrogens (tertiary/aromatic N) is 3. The first kappa shape index (κ1) is 28.5. The number of hydrogen-bond donors (Lipinski definition) is 3. The smallest absolute Gasteiger partial charge is 0.329 e. The molecule has 2 rings (SSSR count). The molecule has 0 atom stereocenters. The summed E-state index contributed by atoms with van der Waals surface area (Å²) < 4.78 is 7.05. The van der Waals surface area contributed by atoms with E-state index in [0.717, 1.165) is 6.42 Å². The SMILES string of the molecule is CCC(CO)(CO)CO.CCCN(CCOc1c(Cl)cc(Cl)cc1Cl)C(=O)n1ccnc1. The first-order chi connectivity index (χ1) is 15.3. The summed E-state index contributed by atoms with van der Waals surface area (Å²) >= 11 is 18.0. The van der Waals surface area contributed by atoms with E-state index in [2.05, 4.69) is 4.98 Å². The fourth-order valence-corrected chi connectivity index (χ4v) is 3.44. The van der Waals surface area contributed by atoms with E-state index in [1.165, 1.54) is 10.9 Å². The lowest BCUT2D eigenvalue weighted by Gasteiger charge is -2.24. The maximum atomic E-state index is 12.3. The summed E-state index contributed by atoms with van der Waals surface area (Å²) in [6.45, 7) is 4.64. The van der Waals surface area contributed by atoms with Gasteiger partial charge in [-0.2, -0.15) is 0 Å². The normalized spacial score (nSPS) is 11.0. The van der Waals surface area contributed by atoms with Gasteiger partial charge in [-0.3, -0.25) is 4.57 Å². The molecule has 0 saturated heterocycles. The third-order valence-corrected chi connectivity index (χ3v) is 5.60. The Morgan fingerprint density at radius 3 is 2.09 bits per heavy atom. The van der Waals surface area contributed by atoms with Gasteiger partial charge in [-0.15, -0.1) is 0 Å². The molecular formula is C21H30Cl3N3O5. The minimum Gasteiger partial charge on any atom is -0.489 e. The lowest BCUT2D eigenvalue weighted by Crippen LogP contribution is -2.37. The van der Waals surface area contributed by atoms with E-state index >= 15 is 0 Å². The molecule has 0 bridgehead atoms. The maximum absolute atomic E-state index is 12.3. The van der Waals surface area contributed by atoms with Gasteiger partial charge in [0.15, 0.2) is 5.75 Å². The first-order valence-corrected chi connectivity index (χ1v) is 11.3. The Bertz CT molecular complexity index is 777. The van der Waals surface area contributed by atoms with Crippen molar-refractivity contribution in [3.8, 4) is 5.75 Å². The number of aliphatic hydroxyl groups is 3. The van der Waals surface area contributed by atoms with Crippen molar-refractivity contribution in [1.82, 2.24) is 14.5 Å². The van der Waals surface area contributed by atoms with Crippen LogP contribution in [0.4, 0.5) is 4.79 Å². The van der Waals surface area contributed by atoms with Crippen molar-refractivity contribution in [2.75, 3.05) is 39.5 Å². The summed E-state index contributed by atoms with van der Waals surface area (Å²) in [6, 6.07) is 2.97. The quantitative estimate of drug-likeness (QED) is 0.446. The van der Waals surface area contributed by atoms with Crippen molar-refractivity contribution in [2.45, 2.75) is 26.7 Å². The van der Waals surface area contributed by atoms with Gasteiger partial charge in [0.2, 0.25) is 0 Å². The molecule has 1 amide bonds. The molecule has 8 nitrogen and oxygen atoms in total. The average molecular weight is 511 g/mol. The Labute approximate surface area is 203 Å². The molecule has 0 radical (unpaired) electrons. The molecule has 0 fully saturated rings. The van der Waals surface area contributed by atoms with Crippen LogP contribution >= 0.6 is 34.8 Å². The lowest BCUT2D eigenvalue weighted by molar-refractivity contribution is 0.00304. The number of aromatic nitrogens is 2. The fraction of sp³-hybridized carbons (Fsp3) is 0.524. The summed E-state index contributed by atoms with van der Waals surface area (Å²) in [6.07, 6.45) is 6.07. The molecule has 1 aromatic carbocycles. The van der Waals surface area contributed by atoms with E-state index in [9.17, 15) is 4.79 Å². The molecule has 11 heteroatoms. The Balaban J connectivity index is 0.000000482. The summed E-state index contributed by atoms with van der Waals surface area (Å²) in [5.74, 6) is 0.365. The molecule has 1 aromatic heterocycles. The maximum Gasteiger partial charge on any atom is 0.329 e. The van der Waals surface area contributed by atoms with E-state index in [1.54, 1.807) is 29.4 Å². The van der Waals surface area contributed by atoms with Crippen molar-refractivity contribution in [2.24, 2.45) is 5.41 Å². The van der Waals surface area contributed by atoms with E-state index in [-0.39, 0.29) is 32.5 Å². The minimum atomic E-state index is -0.667. The standard InChI is InChI=1S/C15H16Cl3N3O2.C6H14O3/c1-2-4-20(15(22)21-5-3-19-10-21)6-7-23-14-12(17)8-11(16)9-13(14)18;1-2-6(3-7,4-8)5-9/h3,5,8-10H,2,4,6-7H2,1H3;7-9H,2-5H2,1H3. The van der Waals surface area contributed by atoms with Gasteiger partial charge in [-0.05, 0) is 25.0 Å². The van der Waals surface area contributed by atoms with Gasteiger partial charge in [0.05, 0.1) is 36.4 Å². The third kappa shape index (κ3) is 8.42. The van der Waals surface area contributed by atoms with Crippen LogP contribution in [0.2, 0.25) is 15.1 Å².